The third-order valence-electron chi connectivity index (χ3n) is 3.98. The third-order valence-corrected chi connectivity index (χ3v) is 3.98. The minimum Gasteiger partial charge on any atom is -0.480 e. The molecule has 0 bridgehead atoms. The van der Waals surface area contributed by atoms with Crippen molar-refractivity contribution < 1.29 is 16.1 Å². The summed E-state index contributed by atoms with van der Waals surface area (Å²) in [5.41, 5.74) is 5.40. The second kappa shape index (κ2) is 15.8. The van der Waals surface area contributed by atoms with Gasteiger partial charge in [0.15, 0.2) is 0 Å². The van der Waals surface area contributed by atoms with Gasteiger partial charge in [-0.2, -0.15) is 0 Å². The monoisotopic (exact) mass is 329 g/mol. The maximum Gasteiger partial charge on any atom is 0.326 e. The molecule has 0 saturated carbocycles. The summed E-state index contributed by atoms with van der Waals surface area (Å²) in [4.78, 5) is 22.9. The number of carbonyl (C=O) groups excluding carboxylic acids is 1. The lowest BCUT2D eigenvalue weighted by Crippen LogP contribution is -2.40. The number of carboxylic acid groups (broad SMARTS) is 1. The van der Waals surface area contributed by atoms with Crippen LogP contribution in [-0.4, -0.2) is 29.6 Å². The molecule has 23 heavy (non-hydrogen) atoms. The van der Waals surface area contributed by atoms with Crippen LogP contribution >= 0.6 is 0 Å². The van der Waals surface area contributed by atoms with E-state index in [1.54, 1.807) is 0 Å². The lowest BCUT2D eigenvalue weighted by atomic mass is 10.1. The molecule has 0 aromatic carbocycles. The molecule has 0 aromatic heterocycles. The molecule has 0 spiro atoms. The van der Waals surface area contributed by atoms with Crippen LogP contribution in [0.2, 0.25) is 0 Å². The Bertz CT molecular complexity index is 327. The van der Waals surface area contributed by atoms with E-state index < -0.39 is 12.0 Å². The van der Waals surface area contributed by atoms with Crippen LogP contribution in [0.15, 0.2) is 0 Å². The third kappa shape index (κ3) is 14.2. The SMILES string of the molecule is [2H]CCCCCCCCCCCC(=O)N[C@@H](CCCCN)C(=O)O. The summed E-state index contributed by atoms with van der Waals surface area (Å²) in [5, 5.41) is 11.7. The Morgan fingerprint density at radius 3 is 2.17 bits per heavy atom. The van der Waals surface area contributed by atoms with E-state index in [9.17, 15) is 9.59 Å². The van der Waals surface area contributed by atoms with E-state index in [4.69, 9.17) is 12.2 Å². The Morgan fingerprint density at radius 1 is 1.00 bits per heavy atom. The van der Waals surface area contributed by atoms with Gasteiger partial charge in [0.2, 0.25) is 5.91 Å². The van der Waals surface area contributed by atoms with Gasteiger partial charge < -0.3 is 16.2 Å². The van der Waals surface area contributed by atoms with Gasteiger partial charge in [0.1, 0.15) is 6.04 Å². The van der Waals surface area contributed by atoms with Crippen LogP contribution in [-0.2, 0) is 9.59 Å². The van der Waals surface area contributed by atoms with Crippen LogP contribution in [0.4, 0.5) is 0 Å². The highest BCUT2D eigenvalue weighted by atomic mass is 16.4. The lowest BCUT2D eigenvalue weighted by molar-refractivity contribution is -0.142. The van der Waals surface area contributed by atoms with Crippen molar-refractivity contribution in [3.8, 4) is 0 Å². The first-order valence-corrected chi connectivity index (χ1v) is 9.13. The molecule has 136 valence electrons. The summed E-state index contributed by atoms with van der Waals surface area (Å²) in [5.74, 6) is -1.13. The van der Waals surface area contributed by atoms with E-state index in [1.807, 2.05) is 0 Å². The standard InChI is InChI=1S/C18H36N2O3/c1-2-3-4-5-6-7-8-9-10-14-17(21)20-16(18(22)23)13-11-12-15-19/h16H,2-15,19H2,1H3,(H,20,21)(H,22,23)/t16-/m0/s1/i1D. The van der Waals surface area contributed by atoms with Crippen molar-refractivity contribution in [2.24, 2.45) is 5.73 Å². The number of aliphatic carboxylic acids is 1. The molecule has 4 N–H and O–H groups in total. The molecule has 0 saturated heterocycles. The topological polar surface area (TPSA) is 92.4 Å². The Labute approximate surface area is 142 Å². The maximum absolute atomic E-state index is 11.8. The van der Waals surface area contributed by atoms with Crippen LogP contribution in [0.3, 0.4) is 0 Å². The molecule has 0 unspecified atom stereocenters. The first kappa shape index (κ1) is 19.9. The van der Waals surface area contributed by atoms with Gasteiger partial charge in [-0.1, -0.05) is 58.3 Å². The Kier molecular flexibility index (Phi) is 13.7. The number of nitrogens with one attached hydrogen (secondary N) is 1. The minimum absolute atomic E-state index is 0.162. The Balaban J connectivity index is 3.57. The van der Waals surface area contributed by atoms with E-state index >= 15 is 0 Å². The van der Waals surface area contributed by atoms with Gasteiger partial charge in [-0.25, -0.2) is 4.79 Å². The fourth-order valence-corrected chi connectivity index (χ4v) is 2.54. The maximum atomic E-state index is 11.8. The molecule has 0 aromatic rings. The first-order chi connectivity index (χ1) is 11.6. The van der Waals surface area contributed by atoms with Crippen molar-refractivity contribution in [2.75, 3.05) is 6.54 Å². The molecule has 0 aliphatic heterocycles. The van der Waals surface area contributed by atoms with E-state index in [0.29, 0.717) is 26.3 Å². The summed E-state index contributed by atoms with van der Waals surface area (Å²) in [7, 11) is 0. The summed E-state index contributed by atoms with van der Waals surface area (Å²) in [6, 6.07) is -0.784. The number of carbonyl (C=O) groups is 2. The van der Waals surface area contributed by atoms with Crippen LogP contribution in [0.25, 0.3) is 0 Å². The van der Waals surface area contributed by atoms with E-state index in [2.05, 4.69) is 5.32 Å². The Hall–Kier alpha value is -1.10. The summed E-state index contributed by atoms with van der Waals surface area (Å²) < 4.78 is 7.07. The fraction of sp³-hybridized carbons (Fsp3) is 0.889. The molecule has 0 aliphatic carbocycles. The normalized spacial score (nSPS) is 12.7. The molecule has 0 heterocycles. The van der Waals surface area contributed by atoms with Crippen LogP contribution in [0, 0.1) is 0 Å². The number of unbranched alkanes of at least 4 members (excludes halogenated alkanes) is 9. The van der Waals surface area contributed by atoms with Crippen molar-refractivity contribution in [1.29, 1.82) is 0 Å². The fourth-order valence-electron chi connectivity index (χ4n) is 2.54. The van der Waals surface area contributed by atoms with Gasteiger partial charge in [0, 0.05) is 7.79 Å². The number of hydrogen-bond donors (Lipinski definition) is 3. The van der Waals surface area contributed by atoms with Crippen LogP contribution < -0.4 is 11.1 Å². The molecular formula is C18H36N2O3. The highest BCUT2D eigenvalue weighted by Gasteiger charge is 2.18. The smallest absolute Gasteiger partial charge is 0.326 e. The van der Waals surface area contributed by atoms with Crippen LogP contribution in [0.5, 0.6) is 0 Å². The number of rotatable bonds is 16. The summed E-state index contributed by atoms with van der Waals surface area (Å²) >= 11 is 0. The average Bonchev–Trinajstić information content (AvgIpc) is 2.55. The molecule has 0 aliphatic rings. The molecule has 1 atom stereocenters. The van der Waals surface area contributed by atoms with Gasteiger partial charge in [-0.3, -0.25) is 4.79 Å². The van der Waals surface area contributed by atoms with Crippen molar-refractivity contribution in [3.05, 3.63) is 0 Å². The van der Waals surface area contributed by atoms with Crippen molar-refractivity contribution in [2.45, 2.75) is 96.4 Å². The molecule has 0 radical (unpaired) electrons. The largest absolute Gasteiger partial charge is 0.480 e. The highest BCUT2D eigenvalue weighted by Crippen LogP contribution is 2.10. The number of hydrogen-bond acceptors (Lipinski definition) is 3. The van der Waals surface area contributed by atoms with E-state index in [-0.39, 0.29) is 5.91 Å². The molecular weight excluding hydrogens is 292 g/mol. The number of amides is 1. The van der Waals surface area contributed by atoms with Gasteiger partial charge in [0.25, 0.3) is 0 Å². The van der Waals surface area contributed by atoms with Gasteiger partial charge >= 0.3 is 5.97 Å². The number of carboxylic acids is 1. The molecule has 5 heteroatoms. The predicted molar refractivity (Wildman–Crippen MR) is 94.3 cm³/mol. The van der Waals surface area contributed by atoms with E-state index in [0.717, 1.165) is 38.5 Å². The van der Waals surface area contributed by atoms with Crippen molar-refractivity contribution in [1.82, 2.24) is 5.32 Å². The molecule has 0 fully saturated rings. The zero-order chi connectivity index (χ0) is 18.0. The molecule has 0 rings (SSSR count). The Morgan fingerprint density at radius 2 is 1.61 bits per heavy atom. The average molecular weight is 330 g/mol. The highest BCUT2D eigenvalue weighted by molar-refractivity contribution is 5.83. The van der Waals surface area contributed by atoms with Crippen molar-refractivity contribution in [3.63, 3.8) is 0 Å². The second-order valence-corrected chi connectivity index (χ2v) is 6.17. The quantitative estimate of drug-likeness (QED) is 0.377. The van der Waals surface area contributed by atoms with Gasteiger partial charge in [0.05, 0.1) is 0 Å². The lowest BCUT2D eigenvalue weighted by Gasteiger charge is -2.14. The molecule has 5 nitrogen and oxygen atoms in total. The minimum atomic E-state index is -0.967. The summed E-state index contributed by atoms with van der Waals surface area (Å²) in [6.07, 6.45) is 12.4. The first-order valence-electron chi connectivity index (χ1n) is 9.84. The zero-order valence-corrected chi connectivity index (χ0v) is 14.5. The zero-order valence-electron chi connectivity index (χ0n) is 15.5. The van der Waals surface area contributed by atoms with Gasteiger partial charge in [-0.15, -0.1) is 0 Å². The predicted octanol–water partition coefficient (Wildman–Crippen LogP) is 3.61. The van der Waals surface area contributed by atoms with Gasteiger partial charge in [-0.05, 0) is 32.2 Å². The van der Waals surface area contributed by atoms with E-state index in [1.165, 1.54) is 32.1 Å². The summed E-state index contributed by atoms with van der Waals surface area (Å²) in [6.45, 7) is 1.09. The molecule has 1 amide bonds. The van der Waals surface area contributed by atoms with Crippen molar-refractivity contribution >= 4 is 11.9 Å². The number of nitrogens with two attached hydrogens (primary N) is 1. The van der Waals surface area contributed by atoms with Crippen LogP contribution in [0.1, 0.15) is 91.7 Å². The second-order valence-electron chi connectivity index (χ2n) is 6.17.